The lowest BCUT2D eigenvalue weighted by atomic mass is 10.1. The summed E-state index contributed by atoms with van der Waals surface area (Å²) in [6.07, 6.45) is 1.66. The Kier molecular flexibility index (Phi) is 7.34. The van der Waals surface area contributed by atoms with Gasteiger partial charge in [-0.25, -0.2) is 4.79 Å². The van der Waals surface area contributed by atoms with E-state index in [2.05, 4.69) is 16.7 Å². The molecule has 2 aromatic carbocycles. The van der Waals surface area contributed by atoms with Crippen molar-refractivity contribution in [3.8, 4) is 5.75 Å². The molecule has 0 radical (unpaired) electrons. The predicted octanol–water partition coefficient (Wildman–Crippen LogP) is 3.51. The summed E-state index contributed by atoms with van der Waals surface area (Å²) in [5.74, 6) is 0.0524. The summed E-state index contributed by atoms with van der Waals surface area (Å²) in [5, 5.41) is 0. The first-order valence-electron chi connectivity index (χ1n) is 10.0. The summed E-state index contributed by atoms with van der Waals surface area (Å²) in [4.78, 5) is 29.6. The van der Waals surface area contributed by atoms with E-state index in [9.17, 15) is 9.59 Å². The maximum Gasteiger partial charge on any atom is 0.343 e. The van der Waals surface area contributed by atoms with Crippen LogP contribution in [0, 0.1) is 0 Å². The lowest BCUT2D eigenvalue weighted by Gasteiger charge is -2.34. The molecule has 0 N–H and O–H groups in total. The molecule has 1 saturated heterocycles. The molecule has 0 unspecified atom stereocenters. The molecule has 1 fully saturated rings. The van der Waals surface area contributed by atoms with Gasteiger partial charge in [-0.15, -0.1) is 0 Å². The monoisotopic (exact) mass is 380 g/mol. The number of carbonyl (C=O) groups excluding carboxylic acids is 2. The molecule has 148 valence electrons. The fourth-order valence-electron chi connectivity index (χ4n) is 3.43. The smallest absolute Gasteiger partial charge is 0.343 e. The zero-order valence-corrected chi connectivity index (χ0v) is 16.5. The Morgan fingerprint density at radius 2 is 1.50 bits per heavy atom. The number of ketones is 1. The standard InChI is InChI=1S/C23H28N2O3/c1-2-12-24-14-16-25(17-15-24)13-11-22(26)20-9-6-10-21(18-20)28-23(27)19-7-4-3-5-8-19/h3-10,18H,2,11-17H2,1H3. The van der Waals surface area contributed by atoms with Crippen molar-refractivity contribution in [3.63, 3.8) is 0 Å². The summed E-state index contributed by atoms with van der Waals surface area (Å²) < 4.78 is 5.41. The van der Waals surface area contributed by atoms with Crippen molar-refractivity contribution in [1.82, 2.24) is 9.80 Å². The molecule has 5 nitrogen and oxygen atoms in total. The van der Waals surface area contributed by atoms with Crippen molar-refractivity contribution in [1.29, 1.82) is 0 Å². The van der Waals surface area contributed by atoms with Gasteiger partial charge in [-0.05, 0) is 37.2 Å². The molecule has 1 heterocycles. The van der Waals surface area contributed by atoms with Crippen molar-refractivity contribution in [3.05, 3.63) is 65.7 Å². The number of rotatable bonds is 8. The van der Waals surface area contributed by atoms with Crippen LogP contribution < -0.4 is 4.74 Å². The van der Waals surface area contributed by atoms with Crippen LogP contribution >= 0.6 is 0 Å². The van der Waals surface area contributed by atoms with E-state index in [0.717, 1.165) is 39.3 Å². The molecule has 5 heteroatoms. The first-order valence-corrected chi connectivity index (χ1v) is 10.0. The molecule has 0 saturated carbocycles. The number of esters is 1. The van der Waals surface area contributed by atoms with E-state index in [0.29, 0.717) is 23.3 Å². The van der Waals surface area contributed by atoms with Crippen molar-refractivity contribution in [2.45, 2.75) is 19.8 Å². The van der Waals surface area contributed by atoms with E-state index in [-0.39, 0.29) is 5.78 Å². The average Bonchev–Trinajstić information content (AvgIpc) is 2.74. The van der Waals surface area contributed by atoms with E-state index < -0.39 is 5.97 Å². The lowest BCUT2D eigenvalue weighted by Crippen LogP contribution is -2.46. The quantitative estimate of drug-likeness (QED) is 0.398. The Labute approximate surface area is 166 Å². The van der Waals surface area contributed by atoms with Gasteiger partial charge in [-0.3, -0.25) is 4.79 Å². The number of hydrogen-bond donors (Lipinski definition) is 0. The van der Waals surface area contributed by atoms with Crippen molar-refractivity contribution in [2.24, 2.45) is 0 Å². The molecular formula is C23H28N2O3. The highest BCUT2D eigenvalue weighted by atomic mass is 16.5. The van der Waals surface area contributed by atoms with Crippen LogP contribution in [-0.4, -0.2) is 60.8 Å². The average molecular weight is 380 g/mol. The number of carbonyl (C=O) groups is 2. The zero-order chi connectivity index (χ0) is 19.8. The minimum Gasteiger partial charge on any atom is -0.423 e. The second-order valence-electron chi connectivity index (χ2n) is 7.14. The van der Waals surface area contributed by atoms with Gasteiger partial charge in [0.1, 0.15) is 5.75 Å². The zero-order valence-electron chi connectivity index (χ0n) is 16.5. The lowest BCUT2D eigenvalue weighted by molar-refractivity contribution is 0.0733. The van der Waals surface area contributed by atoms with E-state index in [1.165, 1.54) is 6.42 Å². The molecule has 0 aromatic heterocycles. The maximum atomic E-state index is 12.6. The van der Waals surface area contributed by atoms with Gasteiger partial charge in [0.05, 0.1) is 5.56 Å². The molecule has 28 heavy (non-hydrogen) atoms. The maximum absolute atomic E-state index is 12.6. The molecule has 0 amide bonds. The van der Waals surface area contributed by atoms with E-state index in [4.69, 9.17) is 4.74 Å². The van der Waals surface area contributed by atoms with Crippen LogP contribution in [0.2, 0.25) is 0 Å². The molecule has 0 bridgehead atoms. The Morgan fingerprint density at radius 3 is 2.18 bits per heavy atom. The summed E-state index contributed by atoms with van der Waals surface area (Å²) in [6, 6.07) is 15.7. The van der Waals surface area contributed by atoms with Crippen LogP contribution in [0.1, 0.15) is 40.5 Å². The molecular weight excluding hydrogens is 352 g/mol. The molecule has 0 spiro atoms. The van der Waals surface area contributed by atoms with E-state index >= 15 is 0 Å². The van der Waals surface area contributed by atoms with Gasteiger partial charge in [-0.1, -0.05) is 37.3 Å². The van der Waals surface area contributed by atoms with Gasteiger partial charge in [0.25, 0.3) is 0 Å². The van der Waals surface area contributed by atoms with Crippen LogP contribution in [0.3, 0.4) is 0 Å². The number of hydrogen-bond acceptors (Lipinski definition) is 5. The summed E-state index contributed by atoms with van der Waals surface area (Å²) in [5.41, 5.74) is 1.07. The van der Waals surface area contributed by atoms with Crippen molar-refractivity contribution < 1.29 is 14.3 Å². The number of piperazine rings is 1. The van der Waals surface area contributed by atoms with E-state index in [1.54, 1.807) is 48.5 Å². The highest BCUT2D eigenvalue weighted by Crippen LogP contribution is 2.17. The van der Waals surface area contributed by atoms with Crippen LogP contribution in [0.25, 0.3) is 0 Å². The first kappa shape index (κ1) is 20.2. The van der Waals surface area contributed by atoms with Crippen LogP contribution in [0.4, 0.5) is 0 Å². The second kappa shape index (κ2) is 10.2. The van der Waals surface area contributed by atoms with Crippen LogP contribution in [-0.2, 0) is 0 Å². The topological polar surface area (TPSA) is 49.9 Å². The summed E-state index contributed by atoms with van der Waals surface area (Å²) in [6.45, 7) is 8.31. The molecule has 0 atom stereocenters. The fraction of sp³-hybridized carbons (Fsp3) is 0.391. The highest BCUT2D eigenvalue weighted by molar-refractivity contribution is 5.97. The molecule has 1 aliphatic rings. The largest absolute Gasteiger partial charge is 0.423 e. The van der Waals surface area contributed by atoms with Crippen LogP contribution in [0.15, 0.2) is 54.6 Å². The Hall–Kier alpha value is -2.50. The molecule has 2 aromatic rings. The third-order valence-corrected chi connectivity index (χ3v) is 5.04. The molecule has 0 aliphatic carbocycles. The molecule has 3 rings (SSSR count). The number of nitrogens with zero attached hydrogens (tertiary/aromatic N) is 2. The summed E-state index contributed by atoms with van der Waals surface area (Å²) >= 11 is 0. The second-order valence-corrected chi connectivity index (χ2v) is 7.14. The van der Waals surface area contributed by atoms with Gasteiger partial charge in [0.15, 0.2) is 5.78 Å². The van der Waals surface area contributed by atoms with Crippen LogP contribution in [0.5, 0.6) is 5.75 Å². The predicted molar refractivity (Wildman–Crippen MR) is 110 cm³/mol. The molecule has 1 aliphatic heterocycles. The van der Waals surface area contributed by atoms with Gasteiger partial charge in [0, 0.05) is 44.7 Å². The Morgan fingerprint density at radius 1 is 0.857 bits per heavy atom. The minimum absolute atomic E-state index is 0.0774. The Bertz CT molecular complexity index is 783. The minimum atomic E-state index is -0.421. The number of Topliss-reactive ketones (excluding diaryl/α,β-unsaturated/α-hetero) is 1. The van der Waals surface area contributed by atoms with Gasteiger partial charge in [-0.2, -0.15) is 0 Å². The van der Waals surface area contributed by atoms with E-state index in [1.807, 2.05) is 6.07 Å². The highest BCUT2D eigenvalue weighted by Gasteiger charge is 2.17. The van der Waals surface area contributed by atoms with Crippen molar-refractivity contribution in [2.75, 3.05) is 39.3 Å². The van der Waals surface area contributed by atoms with Crippen molar-refractivity contribution >= 4 is 11.8 Å². The third kappa shape index (κ3) is 5.75. The number of benzene rings is 2. The first-order chi connectivity index (χ1) is 13.7. The fourth-order valence-corrected chi connectivity index (χ4v) is 3.43. The summed E-state index contributed by atoms with van der Waals surface area (Å²) in [7, 11) is 0. The third-order valence-electron chi connectivity index (χ3n) is 5.04. The normalized spacial score (nSPS) is 15.3. The van der Waals surface area contributed by atoms with Gasteiger partial charge < -0.3 is 14.5 Å². The Balaban J connectivity index is 1.51. The van der Waals surface area contributed by atoms with Gasteiger partial charge >= 0.3 is 5.97 Å². The number of ether oxygens (including phenoxy) is 1. The van der Waals surface area contributed by atoms with Gasteiger partial charge in [0.2, 0.25) is 0 Å². The SMILES string of the molecule is CCCN1CCN(CCC(=O)c2cccc(OC(=O)c3ccccc3)c2)CC1.